The van der Waals surface area contributed by atoms with Crippen LogP contribution in [0.4, 0.5) is 0 Å². The highest BCUT2D eigenvalue weighted by Crippen LogP contribution is 2.32. The number of carbonyl (C=O) groups is 1. The zero-order chi connectivity index (χ0) is 32.7. The van der Waals surface area contributed by atoms with Gasteiger partial charge in [0, 0.05) is 13.0 Å². The quantitative estimate of drug-likeness (QED) is 0.0785. The summed E-state index contributed by atoms with van der Waals surface area (Å²) in [6, 6.07) is -0.919. The van der Waals surface area contributed by atoms with Gasteiger partial charge in [0.25, 0.3) is 0 Å². The molecule has 0 bridgehead atoms. The molecule has 0 aromatic carbocycles. The van der Waals surface area contributed by atoms with E-state index in [4.69, 9.17) is 28.4 Å². The molecule has 3 aliphatic rings. The van der Waals surface area contributed by atoms with Crippen LogP contribution < -0.4 is 10.6 Å². The van der Waals surface area contributed by atoms with Crippen LogP contribution in [0.25, 0.3) is 0 Å². The van der Waals surface area contributed by atoms with E-state index in [0.717, 1.165) is 0 Å². The fourth-order valence-electron chi connectivity index (χ4n) is 5.24. The molecule has 0 radical (unpaired) electrons. The molecular weight excluding hydrogens is 596 g/mol. The van der Waals surface area contributed by atoms with Gasteiger partial charge in [0.15, 0.2) is 18.9 Å². The van der Waals surface area contributed by atoms with Crippen molar-refractivity contribution >= 4 is 5.91 Å². The van der Waals surface area contributed by atoms with Crippen LogP contribution in [-0.4, -0.2) is 183 Å². The first-order chi connectivity index (χ1) is 20.8. The molecule has 0 aromatic rings. The van der Waals surface area contributed by atoms with Crippen molar-refractivity contribution in [2.24, 2.45) is 0 Å². The molecule has 3 rings (SSSR count). The number of hydrogen-bond acceptors (Lipinski definition) is 17. The van der Waals surface area contributed by atoms with E-state index in [1.807, 2.05) is 13.8 Å². The van der Waals surface area contributed by atoms with Crippen molar-refractivity contribution in [1.29, 1.82) is 0 Å². The lowest BCUT2D eigenvalue weighted by molar-refractivity contribution is -0.376. The molecule has 3 heterocycles. The van der Waals surface area contributed by atoms with Crippen molar-refractivity contribution in [3.63, 3.8) is 0 Å². The van der Waals surface area contributed by atoms with Crippen LogP contribution in [0.15, 0.2) is 0 Å². The summed E-state index contributed by atoms with van der Waals surface area (Å²) in [6.07, 6.45) is -21.9. The van der Waals surface area contributed by atoms with Crippen LogP contribution in [0.3, 0.4) is 0 Å². The average molecular weight is 645 g/mol. The van der Waals surface area contributed by atoms with Crippen LogP contribution in [0.2, 0.25) is 0 Å². The first kappa shape index (κ1) is 37.3. The van der Waals surface area contributed by atoms with Crippen LogP contribution in [0.5, 0.6) is 0 Å². The first-order valence-corrected chi connectivity index (χ1v) is 14.6. The summed E-state index contributed by atoms with van der Waals surface area (Å²) < 4.78 is 33.8. The maximum Gasteiger partial charge on any atom is 0.217 e. The summed E-state index contributed by atoms with van der Waals surface area (Å²) in [7, 11) is 0. The number of amides is 1. The van der Waals surface area contributed by atoms with Gasteiger partial charge in [-0.2, -0.15) is 0 Å². The fraction of sp³-hybridized carbons (Fsp3) is 0.962. The maximum absolute atomic E-state index is 12.0. The van der Waals surface area contributed by atoms with Gasteiger partial charge < -0.3 is 85.0 Å². The van der Waals surface area contributed by atoms with Crippen LogP contribution >= 0.6 is 0 Å². The molecular formula is C26H48N2O16. The third kappa shape index (κ3) is 9.00. The van der Waals surface area contributed by atoms with Crippen molar-refractivity contribution in [2.45, 2.75) is 125 Å². The Balaban J connectivity index is 1.76. The molecule has 0 aliphatic carbocycles. The first-order valence-electron chi connectivity index (χ1n) is 14.6. The highest BCUT2D eigenvalue weighted by molar-refractivity contribution is 5.73. The Bertz CT molecular complexity index is 872. The molecule has 1 amide bonds. The molecule has 18 heteroatoms. The molecule has 258 valence electrons. The highest BCUT2D eigenvalue weighted by atomic mass is 16.8. The summed E-state index contributed by atoms with van der Waals surface area (Å²) in [5.74, 6) is -0.528. The van der Waals surface area contributed by atoms with Gasteiger partial charge in [0.05, 0.1) is 26.4 Å². The van der Waals surface area contributed by atoms with E-state index in [1.165, 1.54) is 6.92 Å². The predicted molar refractivity (Wildman–Crippen MR) is 144 cm³/mol. The van der Waals surface area contributed by atoms with Crippen molar-refractivity contribution in [2.75, 3.05) is 33.0 Å². The summed E-state index contributed by atoms with van der Waals surface area (Å²) in [5, 5.41) is 98.8. The van der Waals surface area contributed by atoms with Crippen molar-refractivity contribution in [3.05, 3.63) is 0 Å². The van der Waals surface area contributed by atoms with E-state index in [-0.39, 0.29) is 12.6 Å². The Morgan fingerprint density at radius 2 is 1.25 bits per heavy atom. The minimum Gasteiger partial charge on any atom is -0.394 e. The normalized spacial score (nSPS) is 43.2. The maximum atomic E-state index is 12.0. The van der Waals surface area contributed by atoms with Crippen LogP contribution in [0, 0.1) is 0 Å². The smallest absolute Gasteiger partial charge is 0.217 e. The fourth-order valence-corrected chi connectivity index (χ4v) is 5.24. The van der Waals surface area contributed by atoms with Crippen LogP contribution in [-0.2, 0) is 33.2 Å². The molecule has 0 saturated carbocycles. The Kier molecular flexibility index (Phi) is 14.5. The minimum absolute atomic E-state index is 0.189. The molecule has 3 aliphatic heterocycles. The number of ether oxygens (including phenoxy) is 6. The number of aliphatic hydroxyl groups excluding tert-OH is 9. The van der Waals surface area contributed by atoms with Gasteiger partial charge in [-0.1, -0.05) is 13.8 Å². The third-order valence-electron chi connectivity index (χ3n) is 7.63. The third-order valence-corrected chi connectivity index (χ3v) is 7.63. The van der Waals surface area contributed by atoms with Crippen molar-refractivity contribution in [1.82, 2.24) is 10.6 Å². The van der Waals surface area contributed by atoms with Crippen molar-refractivity contribution < 1.29 is 79.2 Å². The van der Waals surface area contributed by atoms with Gasteiger partial charge in [-0.05, 0) is 13.0 Å². The molecule has 3 saturated heterocycles. The number of carbonyl (C=O) groups excluding carboxylic acids is 1. The second kappa shape index (κ2) is 17.1. The van der Waals surface area contributed by atoms with E-state index in [9.17, 15) is 50.8 Å². The van der Waals surface area contributed by atoms with Gasteiger partial charge in [0.1, 0.15) is 73.2 Å². The van der Waals surface area contributed by atoms with E-state index >= 15 is 0 Å². The molecule has 11 N–H and O–H groups in total. The Hall–Kier alpha value is -1.17. The molecule has 15 atom stereocenters. The standard InChI is InChI=1S/C26H48N2O16/c1-10(2)27-5-4-6-39-24-15(28-11(3)32)18(35)22(14(9-31)42-24)43-26-21(38)23(17(34)13(8-30)41-26)44-25-20(37)19(36)16(33)12(7-29)40-25/h10,12-27,29-31,33-38H,4-9H2,1-3H3,(H,28,32)/t12?,13?,14?,15?,16-,17-,18+,19?,20-,21?,22+,23-,24+,25+,26-/m0/s1. The van der Waals surface area contributed by atoms with Crippen molar-refractivity contribution in [3.8, 4) is 0 Å². The zero-order valence-corrected chi connectivity index (χ0v) is 24.9. The minimum atomic E-state index is -1.90. The number of nitrogens with one attached hydrogen (secondary N) is 2. The second-order valence-electron chi connectivity index (χ2n) is 11.4. The number of rotatable bonds is 14. The largest absolute Gasteiger partial charge is 0.394 e. The second-order valence-corrected chi connectivity index (χ2v) is 11.4. The summed E-state index contributed by atoms with van der Waals surface area (Å²) >= 11 is 0. The summed E-state index contributed by atoms with van der Waals surface area (Å²) in [6.45, 7) is 3.76. The Morgan fingerprint density at radius 3 is 1.82 bits per heavy atom. The molecule has 0 spiro atoms. The van der Waals surface area contributed by atoms with E-state index in [0.29, 0.717) is 13.0 Å². The van der Waals surface area contributed by atoms with Gasteiger partial charge in [-0.3, -0.25) is 4.79 Å². The zero-order valence-electron chi connectivity index (χ0n) is 24.9. The van der Waals surface area contributed by atoms with Gasteiger partial charge in [-0.15, -0.1) is 0 Å². The molecule has 18 nitrogen and oxygen atoms in total. The van der Waals surface area contributed by atoms with Crippen LogP contribution in [0.1, 0.15) is 27.2 Å². The molecule has 0 aromatic heterocycles. The molecule has 6 unspecified atom stereocenters. The topological polar surface area (TPSA) is 279 Å². The summed E-state index contributed by atoms with van der Waals surface area (Å²) in [4.78, 5) is 12.0. The lowest BCUT2D eigenvalue weighted by Gasteiger charge is -2.48. The Labute approximate surface area is 254 Å². The average Bonchev–Trinajstić information content (AvgIpc) is 2.98. The molecule has 3 fully saturated rings. The lowest BCUT2D eigenvalue weighted by atomic mass is 9.95. The van der Waals surface area contributed by atoms with E-state index < -0.39 is 118 Å². The SMILES string of the molecule is CC(=O)NC1[C@H](OCCCNC(C)C)OC(CO)[C@@H](O[C@@H]2OC(CO)[C@H](O)[C@H](O[C@H]3OC(CO)[C@H](O)C(O)[C@@H]3O)C2O)[C@@H]1O. The lowest BCUT2D eigenvalue weighted by Crippen LogP contribution is -2.68. The Morgan fingerprint density at radius 1 is 0.705 bits per heavy atom. The van der Waals surface area contributed by atoms with E-state index in [1.54, 1.807) is 0 Å². The van der Waals surface area contributed by atoms with Gasteiger partial charge in [-0.25, -0.2) is 0 Å². The monoisotopic (exact) mass is 644 g/mol. The van der Waals surface area contributed by atoms with Gasteiger partial charge in [0.2, 0.25) is 5.91 Å². The number of aliphatic hydroxyl groups is 9. The van der Waals surface area contributed by atoms with Gasteiger partial charge >= 0.3 is 0 Å². The molecule has 44 heavy (non-hydrogen) atoms. The van der Waals surface area contributed by atoms with E-state index in [2.05, 4.69) is 10.6 Å². The highest BCUT2D eigenvalue weighted by Gasteiger charge is 2.54. The number of hydrogen-bond donors (Lipinski definition) is 11. The summed E-state index contributed by atoms with van der Waals surface area (Å²) in [5.41, 5.74) is 0. The predicted octanol–water partition coefficient (Wildman–Crippen LogP) is -6.02.